The fraction of sp³-hybridized carbons (Fsp3) is 0.133. The van der Waals surface area contributed by atoms with Crippen molar-refractivity contribution in [2.45, 2.75) is 25.9 Å². The van der Waals surface area contributed by atoms with Crippen LogP contribution in [0.1, 0.15) is 39.6 Å². The Balaban J connectivity index is 1.44. The van der Waals surface area contributed by atoms with Crippen LogP contribution in [0, 0.1) is 37.1 Å². The monoisotopic (exact) mass is 690 g/mol. The van der Waals surface area contributed by atoms with Gasteiger partial charge in [-0.2, -0.15) is 22.5 Å². The van der Waals surface area contributed by atoms with Crippen molar-refractivity contribution >= 4 is 43.1 Å². The first kappa shape index (κ1) is 30.6. The second kappa shape index (κ2) is 10.8. The van der Waals surface area contributed by atoms with Gasteiger partial charge in [-0.1, -0.05) is 34.8 Å². The van der Waals surface area contributed by atoms with Crippen LogP contribution in [0.4, 0.5) is 30.7 Å². The third-order valence-electron chi connectivity index (χ3n) is 7.57. The highest BCUT2D eigenvalue weighted by Gasteiger charge is 2.34. The Bertz CT molecular complexity index is 2340. The summed E-state index contributed by atoms with van der Waals surface area (Å²) >= 11 is 1.63. The number of nitrogens with one attached hydrogen (secondary N) is 2. The summed E-state index contributed by atoms with van der Waals surface area (Å²) in [7, 11) is 0. The van der Waals surface area contributed by atoms with Crippen LogP contribution in [0.3, 0.4) is 0 Å². The first-order valence-electron chi connectivity index (χ1n) is 13.5. The molecule has 7 rings (SSSR count). The summed E-state index contributed by atoms with van der Waals surface area (Å²) in [6.07, 6.45) is -4.66. The molecule has 0 radical (unpaired) electrons. The molecule has 0 saturated heterocycles. The van der Waals surface area contributed by atoms with Crippen molar-refractivity contribution in [2.24, 2.45) is 0 Å². The summed E-state index contributed by atoms with van der Waals surface area (Å²) in [5, 5.41) is 5.56. The lowest BCUT2D eigenvalue weighted by Gasteiger charge is -2.17. The van der Waals surface area contributed by atoms with Crippen molar-refractivity contribution in [3.05, 3.63) is 126 Å². The van der Waals surface area contributed by atoms with Gasteiger partial charge in [-0.05, 0) is 43.7 Å². The standard InChI is InChI=1S/C30H17F7N6O2S2/c1-11-21(26(44)42(40-11)28-38-24-17(33)7-15(31)9-19(24)46-28)23(13-3-5-14(6-4-13)30(35,36)37)22-12(2)41-43(27(22)45)29-39-25-18(34)8-16(32)10-20(25)47-29/h3-10,23,40-41H,1-2H3. The number of hydrogen-bond donors (Lipinski definition) is 2. The summed E-state index contributed by atoms with van der Waals surface area (Å²) in [4.78, 5) is 36.4. The minimum absolute atomic E-state index is 0.0422. The van der Waals surface area contributed by atoms with Crippen molar-refractivity contribution in [3.8, 4) is 10.3 Å². The SMILES string of the molecule is Cc1[nH]n(-c2nc3c(F)cc(F)cc3s2)c(=O)c1C(c1ccc(C(F)(F)F)cc1)c1c(C)[nH]n(-c2nc3c(F)cc(F)cc3s2)c1=O. The Morgan fingerprint density at radius 1 is 0.702 bits per heavy atom. The highest BCUT2D eigenvalue weighted by Crippen LogP contribution is 2.36. The zero-order valence-corrected chi connectivity index (χ0v) is 25.4. The number of aromatic nitrogens is 6. The molecule has 0 aliphatic carbocycles. The van der Waals surface area contributed by atoms with Crippen molar-refractivity contribution in [3.63, 3.8) is 0 Å². The molecule has 4 aromatic heterocycles. The number of hydrogen-bond acceptors (Lipinski definition) is 6. The van der Waals surface area contributed by atoms with Gasteiger partial charge in [0.2, 0.25) is 10.3 Å². The maximum atomic E-state index is 14.4. The van der Waals surface area contributed by atoms with E-state index < -0.39 is 52.0 Å². The molecule has 8 nitrogen and oxygen atoms in total. The van der Waals surface area contributed by atoms with E-state index in [0.29, 0.717) is 12.1 Å². The molecule has 0 bridgehead atoms. The normalized spacial score (nSPS) is 12.3. The summed E-state index contributed by atoms with van der Waals surface area (Å²) in [5.74, 6) is -4.84. The zero-order chi connectivity index (χ0) is 33.5. The van der Waals surface area contributed by atoms with Crippen LogP contribution >= 0.6 is 22.7 Å². The average molecular weight is 691 g/mol. The number of rotatable bonds is 5. The largest absolute Gasteiger partial charge is 0.416 e. The van der Waals surface area contributed by atoms with Crippen molar-refractivity contribution in [1.82, 2.24) is 29.5 Å². The molecule has 17 heteroatoms. The number of benzene rings is 3. The molecule has 4 heterocycles. The van der Waals surface area contributed by atoms with E-state index >= 15 is 0 Å². The van der Waals surface area contributed by atoms with E-state index in [1.807, 2.05) is 0 Å². The molecule has 0 fully saturated rings. The quantitative estimate of drug-likeness (QED) is 0.186. The summed E-state index contributed by atoms with van der Waals surface area (Å²) in [6.45, 7) is 3.01. The van der Waals surface area contributed by atoms with E-state index in [9.17, 15) is 40.3 Å². The van der Waals surface area contributed by atoms with Gasteiger partial charge < -0.3 is 0 Å². The Kier molecular flexibility index (Phi) is 7.01. The first-order valence-corrected chi connectivity index (χ1v) is 15.2. The third kappa shape index (κ3) is 5.05. The van der Waals surface area contributed by atoms with Crippen LogP contribution in [-0.4, -0.2) is 29.5 Å². The topological polar surface area (TPSA) is 101 Å². The Labute approximate surface area is 265 Å². The molecule has 2 N–H and O–H groups in total. The van der Waals surface area contributed by atoms with Gasteiger partial charge >= 0.3 is 6.18 Å². The fourth-order valence-electron chi connectivity index (χ4n) is 5.49. The number of fused-ring (bicyclic) bond motifs is 2. The average Bonchev–Trinajstić information content (AvgIpc) is 3.74. The van der Waals surface area contributed by atoms with Gasteiger partial charge in [0.25, 0.3) is 11.1 Å². The number of halogens is 7. The van der Waals surface area contributed by atoms with E-state index in [0.717, 1.165) is 68.4 Å². The van der Waals surface area contributed by atoms with Crippen molar-refractivity contribution < 1.29 is 30.7 Å². The van der Waals surface area contributed by atoms with Gasteiger partial charge in [0.05, 0.1) is 26.1 Å². The van der Waals surface area contributed by atoms with E-state index in [2.05, 4.69) is 20.2 Å². The molecular weight excluding hydrogens is 673 g/mol. The van der Waals surface area contributed by atoms with E-state index in [1.165, 1.54) is 13.8 Å². The first-order chi connectivity index (χ1) is 22.2. The number of aromatic amines is 2. The van der Waals surface area contributed by atoms with Crippen molar-refractivity contribution in [1.29, 1.82) is 0 Å². The number of aryl methyl sites for hydroxylation is 2. The molecular formula is C30H17F7N6O2S2. The predicted octanol–water partition coefficient (Wildman–Crippen LogP) is 7.24. The van der Waals surface area contributed by atoms with Crippen LogP contribution in [0.2, 0.25) is 0 Å². The second-order valence-corrected chi connectivity index (χ2v) is 12.6. The van der Waals surface area contributed by atoms with E-state index in [4.69, 9.17) is 0 Å². The Morgan fingerprint density at radius 2 is 1.13 bits per heavy atom. The Hall–Kier alpha value is -5.03. The van der Waals surface area contributed by atoms with E-state index in [-0.39, 0.29) is 58.8 Å². The van der Waals surface area contributed by atoms with Gasteiger partial charge in [-0.3, -0.25) is 19.8 Å². The maximum absolute atomic E-state index is 14.4. The number of alkyl halides is 3. The molecule has 0 aliphatic heterocycles. The third-order valence-corrected chi connectivity index (χ3v) is 9.54. The van der Waals surface area contributed by atoms with Crippen LogP contribution in [0.25, 0.3) is 30.7 Å². The molecule has 3 aromatic carbocycles. The minimum atomic E-state index is -4.66. The minimum Gasteiger partial charge on any atom is -0.293 e. The molecule has 240 valence electrons. The van der Waals surface area contributed by atoms with Gasteiger partial charge in [0.15, 0.2) is 11.6 Å². The van der Waals surface area contributed by atoms with Crippen LogP contribution in [-0.2, 0) is 6.18 Å². The van der Waals surface area contributed by atoms with Gasteiger partial charge in [0, 0.05) is 29.4 Å². The van der Waals surface area contributed by atoms with Crippen LogP contribution in [0.5, 0.6) is 0 Å². The highest BCUT2D eigenvalue weighted by molar-refractivity contribution is 7.21. The Morgan fingerprint density at radius 3 is 1.53 bits per heavy atom. The predicted molar refractivity (Wildman–Crippen MR) is 161 cm³/mol. The zero-order valence-electron chi connectivity index (χ0n) is 23.8. The lowest BCUT2D eigenvalue weighted by molar-refractivity contribution is -0.137. The molecule has 0 unspecified atom stereocenters. The number of thiazole rings is 2. The van der Waals surface area contributed by atoms with Crippen LogP contribution in [0.15, 0.2) is 58.1 Å². The highest BCUT2D eigenvalue weighted by atomic mass is 32.1. The van der Waals surface area contributed by atoms with Gasteiger partial charge in [-0.25, -0.2) is 27.5 Å². The maximum Gasteiger partial charge on any atom is 0.416 e. The fourth-order valence-corrected chi connectivity index (χ4v) is 7.42. The van der Waals surface area contributed by atoms with Crippen molar-refractivity contribution in [2.75, 3.05) is 0 Å². The molecule has 0 spiro atoms. The molecule has 0 amide bonds. The lowest BCUT2D eigenvalue weighted by Crippen LogP contribution is -2.25. The molecule has 0 aliphatic rings. The van der Waals surface area contributed by atoms with Gasteiger partial charge in [0.1, 0.15) is 22.7 Å². The summed E-state index contributed by atoms with van der Waals surface area (Å²) in [6, 6.07) is 7.34. The molecule has 7 aromatic rings. The summed E-state index contributed by atoms with van der Waals surface area (Å²) < 4.78 is 99.2. The smallest absolute Gasteiger partial charge is 0.293 e. The second-order valence-electron chi connectivity index (χ2n) is 10.6. The summed E-state index contributed by atoms with van der Waals surface area (Å²) in [5.41, 5.74) is -2.35. The number of H-pyrrole nitrogens is 2. The van der Waals surface area contributed by atoms with Gasteiger partial charge in [-0.15, -0.1) is 0 Å². The lowest BCUT2D eigenvalue weighted by atomic mass is 9.85. The number of nitrogens with zero attached hydrogens (tertiary/aromatic N) is 4. The van der Waals surface area contributed by atoms with E-state index in [1.54, 1.807) is 0 Å². The molecule has 0 atom stereocenters. The molecule has 47 heavy (non-hydrogen) atoms. The molecule has 0 saturated carbocycles. The van der Waals surface area contributed by atoms with Crippen LogP contribution < -0.4 is 11.1 Å².